The van der Waals surface area contributed by atoms with E-state index in [9.17, 15) is 4.39 Å². The third-order valence-electron chi connectivity index (χ3n) is 2.56. The maximum absolute atomic E-state index is 13.1. The van der Waals surface area contributed by atoms with Gasteiger partial charge >= 0.3 is 0 Å². The molecule has 0 amide bonds. The molecule has 88 valence electrons. The lowest BCUT2D eigenvalue weighted by molar-refractivity contribution is 0.0569. The van der Waals surface area contributed by atoms with E-state index < -0.39 is 0 Å². The number of thioether (sulfide) groups is 1. The van der Waals surface area contributed by atoms with Gasteiger partial charge in [-0.15, -0.1) is 0 Å². The number of halogens is 2. The van der Waals surface area contributed by atoms with Gasteiger partial charge < -0.3 is 10.5 Å². The lowest BCUT2D eigenvalue weighted by Gasteiger charge is -2.28. The van der Waals surface area contributed by atoms with Gasteiger partial charge in [0.15, 0.2) is 0 Å². The average molecular weight is 262 g/mol. The van der Waals surface area contributed by atoms with Gasteiger partial charge in [0.05, 0.1) is 18.8 Å². The minimum atomic E-state index is -0.365. The van der Waals surface area contributed by atoms with Crippen molar-refractivity contribution in [3.8, 4) is 0 Å². The van der Waals surface area contributed by atoms with Crippen LogP contribution in [0.15, 0.2) is 18.2 Å². The van der Waals surface area contributed by atoms with Gasteiger partial charge in [-0.1, -0.05) is 11.6 Å². The van der Waals surface area contributed by atoms with Crippen LogP contribution in [0.1, 0.15) is 11.6 Å². The molecular weight excluding hydrogens is 249 g/mol. The summed E-state index contributed by atoms with van der Waals surface area (Å²) in [6.45, 7) is 0.690. The number of ether oxygens (including phenoxy) is 1. The van der Waals surface area contributed by atoms with Crippen LogP contribution in [0.25, 0.3) is 0 Å². The molecule has 1 saturated heterocycles. The topological polar surface area (TPSA) is 35.2 Å². The summed E-state index contributed by atoms with van der Waals surface area (Å²) in [7, 11) is 0. The summed E-state index contributed by atoms with van der Waals surface area (Å²) < 4.78 is 18.7. The Labute approximate surface area is 103 Å². The first kappa shape index (κ1) is 12.2. The molecular formula is C11H13ClFNOS. The fraction of sp³-hybridized carbons (Fsp3) is 0.455. The Morgan fingerprint density at radius 2 is 2.38 bits per heavy atom. The molecule has 5 heteroatoms. The maximum atomic E-state index is 13.1. The zero-order valence-corrected chi connectivity index (χ0v) is 10.2. The van der Waals surface area contributed by atoms with Gasteiger partial charge in [0, 0.05) is 16.5 Å². The summed E-state index contributed by atoms with van der Waals surface area (Å²) >= 11 is 7.80. The fourth-order valence-electron chi connectivity index (χ4n) is 1.68. The van der Waals surface area contributed by atoms with Gasteiger partial charge in [-0.05, 0) is 23.8 Å². The van der Waals surface area contributed by atoms with E-state index in [0.717, 1.165) is 11.5 Å². The minimum Gasteiger partial charge on any atom is -0.375 e. The van der Waals surface area contributed by atoms with Crippen LogP contribution in [0.5, 0.6) is 0 Å². The molecule has 2 unspecified atom stereocenters. The van der Waals surface area contributed by atoms with Crippen LogP contribution < -0.4 is 5.73 Å². The van der Waals surface area contributed by atoms with Gasteiger partial charge in [0.1, 0.15) is 5.82 Å². The molecule has 16 heavy (non-hydrogen) atoms. The molecule has 2 rings (SSSR count). The molecule has 2 atom stereocenters. The van der Waals surface area contributed by atoms with E-state index in [1.165, 1.54) is 18.2 Å². The summed E-state index contributed by atoms with van der Waals surface area (Å²) in [5.41, 5.74) is 6.67. The van der Waals surface area contributed by atoms with E-state index in [2.05, 4.69) is 0 Å². The predicted molar refractivity (Wildman–Crippen MR) is 65.4 cm³/mol. The number of nitrogens with two attached hydrogens (primary N) is 1. The van der Waals surface area contributed by atoms with Crippen LogP contribution in [0.3, 0.4) is 0 Å². The summed E-state index contributed by atoms with van der Waals surface area (Å²) in [5.74, 6) is 1.49. The van der Waals surface area contributed by atoms with Crippen molar-refractivity contribution in [1.29, 1.82) is 0 Å². The first-order valence-corrected chi connectivity index (χ1v) is 6.61. The molecule has 2 N–H and O–H groups in total. The Hall–Kier alpha value is -0.290. The zero-order chi connectivity index (χ0) is 11.5. The second-order valence-electron chi connectivity index (χ2n) is 3.68. The Morgan fingerprint density at radius 3 is 3.06 bits per heavy atom. The summed E-state index contributed by atoms with van der Waals surface area (Å²) in [5, 5.41) is 0.494. The van der Waals surface area contributed by atoms with E-state index >= 15 is 0 Å². The second-order valence-corrected chi connectivity index (χ2v) is 5.23. The molecule has 0 aliphatic carbocycles. The van der Waals surface area contributed by atoms with Crippen molar-refractivity contribution >= 4 is 23.4 Å². The number of benzene rings is 1. The maximum Gasteiger partial charge on any atom is 0.123 e. The van der Waals surface area contributed by atoms with E-state index in [1.54, 1.807) is 11.8 Å². The van der Waals surface area contributed by atoms with Gasteiger partial charge in [-0.2, -0.15) is 11.8 Å². The Balaban J connectivity index is 2.18. The molecule has 1 aromatic carbocycles. The summed E-state index contributed by atoms with van der Waals surface area (Å²) in [6, 6.07) is 3.88. The third-order valence-corrected chi connectivity index (χ3v) is 3.92. The first-order valence-electron chi connectivity index (χ1n) is 5.08. The van der Waals surface area contributed by atoms with Crippen molar-refractivity contribution in [3.63, 3.8) is 0 Å². The quantitative estimate of drug-likeness (QED) is 0.889. The molecule has 2 nitrogen and oxygen atoms in total. The van der Waals surface area contributed by atoms with E-state index in [4.69, 9.17) is 22.1 Å². The van der Waals surface area contributed by atoms with Gasteiger partial charge in [0.25, 0.3) is 0 Å². The van der Waals surface area contributed by atoms with Crippen molar-refractivity contribution in [2.24, 2.45) is 5.73 Å². The van der Waals surface area contributed by atoms with Crippen molar-refractivity contribution in [3.05, 3.63) is 34.6 Å². The highest BCUT2D eigenvalue weighted by atomic mass is 35.5. The predicted octanol–water partition coefficient (Wildman–Crippen LogP) is 2.61. The van der Waals surface area contributed by atoms with Crippen LogP contribution in [0.4, 0.5) is 4.39 Å². The van der Waals surface area contributed by atoms with Crippen LogP contribution in [-0.4, -0.2) is 24.2 Å². The Bertz CT molecular complexity index is 371. The zero-order valence-electron chi connectivity index (χ0n) is 8.66. The van der Waals surface area contributed by atoms with E-state index in [0.29, 0.717) is 17.2 Å². The second kappa shape index (κ2) is 5.36. The van der Waals surface area contributed by atoms with Crippen LogP contribution in [-0.2, 0) is 4.74 Å². The molecule has 1 aliphatic heterocycles. The molecule has 0 saturated carbocycles. The van der Waals surface area contributed by atoms with Crippen molar-refractivity contribution in [2.75, 3.05) is 18.1 Å². The third kappa shape index (κ3) is 2.69. The molecule has 0 bridgehead atoms. The number of hydrogen-bond donors (Lipinski definition) is 1. The Morgan fingerprint density at radius 1 is 1.56 bits per heavy atom. The monoisotopic (exact) mass is 261 g/mol. The molecule has 0 spiro atoms. The molecule has 1 fully saturated rings. The smallest absolute Gasteiger partial charge is 0.123 e. The first-order chi connectivity index (χ1) is 7.68. The van der Waals surface area contributed by atoms with Crippen LogP contribution in [0.2, 0.25) is 5.02 Å². The summed E-state index contributed by atoms with van der Waals surface area (Å²) in [6.07, 6.45) is -0.0851. The van der Waals surface area contributed by atoms with Crippen molar-refractivity contribution < 1.29 is 9.13 Å². The normalized spacial score (nSPS) is 23.1. The molecule has 1 aromatic rings. The molecule has 1 aliphatic rings. The van der Waals surface area contributed by atoms with E-state index in [1.807, 2.05) is 0 Å². The highest BCUT2D eigenvalue weighted by Gasteiger charge is 2.24. The Kier molecular flexibility index (Phi) is 4.08. The van der Waals surface area contributed by atoms with Gasteiger partial charge in [-0.25, -0.2) is 4.39 Å². The average Bonchev–Trinajstić information content (AvgIpc) is 2.32. The molecule has 0 radical (unpaired) electrons. The molecule has 1 heterocycles. The largest absolute Gasteiger partial charge is 0.375 e. The van der Waals surface area contributed by atoms with Crippen LogP contribution >= 0.6 is 23.4 Å². The highest BCUT2D eigenvalue weighted by molar-refractivity contribution is 7.99. The number of hydrogen-bond acceptors (Lipinski definition) is 3. The fourth-order valence-corrected chi connectivity index (χ4v) is 2.84. The molecule has 0 aromatic heterocycles. The van der Waals surface area contributed by atoms with Crippen LogP contribution in [0, 0.1) is 5.82 Å². The lowest BCUT2D eigenvalue weighted by Crippen LogP contribution is -2.34. The van der Waals surface area contributed by atoms with Gasteiger partial charge in [0.2, 0.25) is 0 Å². The van der Waals surface area contributed by atoms with Crippen molar-refractivity contribution in [2.45, 2.75) is 12.1 Å². The van der Waals surface area contributed by atoms with E-state index in [-0.39, 0.29) is 18.0 Å². The number of rotatable bonds is 2. The SMILES string of the molecule is NC(c1cc(F)ccc1Cl)C1CSCCO1. The van der Waals surface area contributed by atoms with Gasteiger partial charge in [-0.3, -0.25) is 0 Å². The minimum absolute atomic E-state index is 0.0851. The highest BCUT2D eigenvalue weighted by Crippen LogP contribution is 2.28. The lowest BCUT2D eigenvalue weighted by atomic mass is 10.0. The summed E-state index contributed by atoms with van der Waals surface area (Å²) in [4.78, 5) is 0. The van der Waals surface area contributed by atoms with Crippen molar-refractivity contribution in [1.82, 2.24) is 0 Å². The standard InChI is InChI=1S/C11H13ClFNOS/c12-9-2-1-7(13)5-8(9)11(14)10-6-16-4-3-15-10/h1-2,5,10-11H,3-4,6,14H2.